The van der Waals surface area contributed by atoms with Crippen LogP contribution in [0.5, 0.6) is 0 Å². The Labute approximate surface area is 157 Å². The zero-order valence-corrected chi connectivity index (χ0v) is 15.8. The van der Waals surface area contributed by atoms with Crippen LogP contribution in [0.3, 0.4) is 0 Å². The maximum Gasteiger partial charge on any atom is 0.0607 e. The van der Waals surface area contributed by atoms with Crippen LogP contribution in [0.2, 0.25) is 30.1 Å². The number of hydrogen-bond acceptors (Lipinski definition) is 1. The van der Waals surface area contributed by atoms with Crippen molar-refractivity contribution in [2.75, 3.05) is 0 Å². The van der Waals surface area contributed by atoms with Crippen molar-refractivity contribution >= 4 is 81.4 Å². The van der Waals surface area contributed by atoms with Crippen LogP contribution in [0.4, 0.5) is 0 Å². The molecule has 0 saturated carbocycles. The zero-order chi connectivity index (χ0) is 15.6. The molecular formula is C14H8Cl6S. The van der Waals surface area contributed by atoms with Crippen molar-refractivity contribution in [3.8, 4) is 0 Å². The molecule has 0 bridgehead atoms. The Morgan fingerprint density at radius 3 is 1.24 bits per heavy atom. The van der Waals surface area contributed by atoms with Gasteiger partial charge in [0.1, 0.15) is 0 Å². The average Bonchev–Trinajstić information content (AvgIpc) is 2.41. The molecule has 2 aromatic carbocycles. The molecule has 0 saturated heterocycles. The van der Waals surface area contributed by atoms with Gasteiger partial charge in [0.25, 0.3) is 0 Å². The summed E-state index contributed by atoms with van der Waals surface area (Å²) in [6.45, 7) is 0. The number of benzene rings is 2. The van der Waals surface area contributed by atoms with Gasteiger partial charge in [0.2, 0.25) is 0 Å². The van der Waals surface area contributed by atoms with Crippen LogP contribution in [-0.4, -0.2) is 0 Å². The number of halogens is 6. The van der Waals surface area contributed by atoms with Gasteiger partial charge in [-0.15, -0.1) is 0 Å². The first-order valence-corrected chi connectivity index (χ1v) is 9.15. The summed E-state index contributed by atoms with van der Waals surface area (Å²) in [5, 5.41) is 3.06. The van der Waals surface area contributed by atoms with E-state index in [1.54, 1.807) is 36.0 Å². The third-order valence-corrected chi connectivity index (χ3v) is 5.87. The molecule has 0 atom stereocenters. The Hall–Kier alpha value is 0.530. The molecule has 0 N–H and O–H groups in total. The second-order valence-corrected chi connectivity index (χ2v) is 7.64. The standard InChI is InChI=1S/C14H8Cl6S/c15-9-3-13(19)11(17)1-7(9)5-21-6-8-2-12(18)14(20)4-10(8)16/h1-4H,5-6H2. The Bertz CT molecular complexity index is 613. The van der Waals surface area contributed by atoms with E-state index in [-0.39, 0.29) is 0 Å². The smallest absolute Gasteiger partial charge is 0.0607 e. The van der Waals surface area contributed by atoms with Crippen LogP contribution in [0.25, 0.3) is 0 Å². The molecule has 0 aliphatic carbocycles. The molecule has 0 nitrogen and oxygen atoms in total. The SMILES string of the molecule is Clc1cc(Cl)c(CSCc2cc(Cl)c(Cl)cc2Cl)cc1Cl. The summed E-state index contributed by atoms with van der Waals surface area (Å²) in [5.74, 6) is 1.37. The van der Waals surface area contributed by atoms with E-state index >= 15 is 0 Å². The number of thioether (sulfide) groups is 1. The fourth-order valence-electron chi connectivity index (χ4n) is 1.62. The number of hydrogen-bond donors (Lipinski definition) is 0. The topological polar surface area (TPSA) is 0 Å². The van der Waals surface area contributed by atoms with E-state index in [2.05, 4.69) is 0 Å². The molecular weight excluding hydrogens is 413 g/mol. The third kappa shape index (κ3) is 4.75. The van der Waals surface area contributed by atoms with Crippen LogP contribution in [0.1, 0.15) is 11.1 Å². The minimum Gasteiger partial charge on any atom is -0.152 e. The Balaban J connectivity index is 2.05. The van der Waals surface area contributed by atoms with Gasteiger partial charge in [-0.05, 0) is 35.4 Å². The fraction of sp³-hybridized carbons (Fsp3) is 0.143. The van der Waals surface area contributed by atoms with E-state index in [9.17, 15) is 0 Å². The highest BCUT2D eigenvalue weighted by molar-refractivity contribution is 7.97. The molecule has 0 aromatic heterocycles. The maximum absolute atomic E-state index is 6.14. The minimum atomic E-state index is 0.447. The van der Waals surface area contributed by atoms with E-state index in [0.717, 1.165) is 11.1 Å². The summed E-state index contributed by atoms with van der Waals surface area (Å²) in [7, 11) is 0. The molecule has 21 heavy (non-hydrogen) atoms. The summed E-state index contributed by atoms with van der Waals surface area (Å²) in [6, 6.07) is 6.84. The van der Waals surface area contributed by atoms with E-state index < -0.39 is 0 Å². The third-order valence-electron chi connectivity index (χ3n) is 2.69. The van der Waals surface area contributed by atoms with Gasteiger partial charge in [0, 0.05) is 21.6 Å². The largest absolute Gasteiger partial charge is 0.152 e. The zero-order valence-electron chi connectivity index (χ0n) is 10.4. The summed E-state index contributed by atoms with van der Waals surface area (Å²) in [6.07, 6.45) is 0. The lowest BCUT2D eigenvalue weighted by molar-refractivity contribution is 1.36. The van der Waals surface area contributed by atoms with E-state index in [1.165, 1.54) is 0 Å². The molecule has 0 heterocycles. The molecule has 0 unspecified atom stereocenters. The van der Waals surface area contributed by atoms with Crippen LogP contribution in [0.15, 0.2) is 24.3 Å². The van der Waals surface area contributed by atoms with Crippen molar-refractivity contribution in [2.24, 2.45) is 0 Å². The highest BCUT2D eigenvalue weighted by atomic mass is 35.5. The van der Waals surface area contributed by atoms with Gasteiger partial charge < -0.3 is 0 Å². The highest BCUT2D eigenvalue weighted by Gasteiger charge is 2.09. The molecule has 0 radical (unpaired) electrons. The molecule has 112 valence electrons. The molecule has 0 aliphatic rings. The highest BCUT2D eigenvalue weighted by Crippen LogP contribution is 2.34. The first-order valence-electron chi connectivity index (χ1n) is 5.73. The molecule has 2 aromatic rings. The van der Waals surface area contributed by atoms with Gasteiger partial charge in [-0.1, -0.05) is 69.6 Å². The van der Waals surface area contributed by atoms with Crippen LogP contribution in [0, 0.1) is 0 Å². The van der Waals surface area contributed by atoms with E-state index in [0.29, 0.717) is 41.6 Å². The Morgan fingerprint density at radius 1 is 0.524 bits per heavy atom. The molecule has 7 heteroatoms. The van der Waals surface area contributed by atoms with Crippen molar-refractivity contribution in [3.63, 3.8) is 0 Å². The normalized spacial score (nSPS) is 11.0. The average molecular weight is 421 g/mol. The van der Waals surface area contributed by atoms with Crippen molar-refractivity contribution < 1.29 is 0 Å². The predicted octanol–water partition coefficient (Wildman–Crippen LogP) is 8.04. The van der Waals surface area contributed by atoms with E-state index in [1.807, 2.05) is 0 Å². The summed E-state index contributed by atoms with van der Waals surface area (Å²) in [4.78, 5) is 0. The van der Waals surface area contributed by atoms with Gasteiger partial charge in [-0.25, -0.2) is 0 Å². The fourth-order valence-corrected chi connectivity index (χ4v) is 4.07. The lowest BCUT2D eigenvalue weighted by Crippen LogP contribution is -1.88. The second-order valence-electron chi connectivity index (χ2n) is 4.21. The molecule has 2 rings (SSSR count). The predicted molar refractivity (Wildman–Crippen MR) is 97.9 cm³/mol. The minimum absolute atomic E-state index is 0.447. The van der Waals surface area contributed by atoms with Gasteiger partial charge >= 0.3 is 0 Å². The number of rotatable bonds is 4. The monoisotopic (exact) mass is 418 g/mol. The molecule has 0 fully saturated rings. The molecule has 0 spiro atoms. The van der Waals surface area contributed by atoms with Gasteiger partial charge in [0.15, 0.2) is 0 Å². The van der Waals surface area contributed by atoms with Crippen molar-refractivity contribution in [2.45, 2.75) is 11.5 Å². The van der Waals surface area contributed by atoms with Crippen LogP contribution >= 0.6 is 81.4 Å². The maximum atomic E-state index is 6.14. The molecule has 0 amide bonds. The quantitative estimate of drug-likeness (QED) is 0.451. The van der Waals surface area contributed by atoms with Gasteiger partial charge in [0.05, 0.1) is 20.1 Å². The first kappa shape index (κ1) is 17.9. The van der Waals surface area contributed by atoms with Crippen molar-refractivity contribution in [1.29, 1.82) is 0 Å². The lowest BCUT2D eigenvalue weighted by Gasteiger charge is -2.08. The van der Waals surface area contributed by atoms with Gasteiger partial charge in [-0.3, -0.25) is 0 Å². The Kier molecular flexibility index (Phi) is 6.71. The first-order chi connectivity index (χ1) is 9.88. The summed E-state index contributed by atoms with van der Waals surface area (Å²) >= 11 is 37.7. The van der Waals surface area contributed by atoms with Crippen LogP contribution < -0.4 is 0 Å². The van der Waals surface area contributed by atoms with Crippen LogP contribution in [-0.2, 0) is 11.5 Å². The second kappa shape index (κ2) is 7.88. The van der Waals surface area contributed by atoms with Crippen molar-refractivity contribution in [3.05, 3.63) is 65.5 Å². The van der Waals surface area contributed by atoms with Crippen molar-refractivity contribution in [1.82, 2.24) is 0 Å². The summed E-state index contributed by atoms with van der Waals surface area (Å²) < 4.78 is 0. The van der Waals surface area contributed by atoms with E-state index in [4.69, 9.17) is 69.6 Å². The van der Waals surface area contributed by atoms with Gasteiger partial charge in [-0.2, -0.15) is 11.8 Å². The Morgan fingerprint density at radius 2 is 0.857 bits per heavy atom. The summed E-state index contributed by atoms with van der Waals surface area (Å²) in [5.41, 5.74) is 1.85. The molecule has 0 aliphatic heterocycles. The lowest BCUT2D eigenvalue weighted by atomic mass is 10.2.